The van der Waals surface area contributed by atoms with Crippen LogP contribution in [0.25, 0.3) is 22.4 Å². The molecule has 1 fully saturated rings. The fourth-order valence-electron chi connectivity index (χ4n) is 3.96. The van der Waals surface area contributed by atoms with Crippen molar-refractivity contribution in [2.24, 2.45) is 0 Å². The summed E-state index contributed by atoms with van der Waals surface area (Å²) in [5.41, 5.74) is 4.56. The molecular weight excluding hydrogens is 420 g/mol. The number of carbonyl (C=O) groups is 1. The van der Waals surface area contributed by atoms with Gasteiger partial charge in [0.25, 0.3) is 0 Å². The SMILES string of the molecule is CC(=O)Nc1cccc(Cn2cnc3c(-c4cccc(O)c4)nc(N4CCOCC4)nc32)c1. The van der Waals surface area contributed by atoms with E-state index >= 15 is 0 Å². The normalized spacial score (nSPS) is 13.9. The van der Waals surface area contributed by atoms with Gasteiger partial charge in [-0.25, -0.2) is 9.97 Å². The highest BCUT2D eigenvalue weighted by atomic mass is 16.5. The molecule has 0 radical (unpaired) electrons. The Morgan fingerprint density at radius 3 is 2.73 bits per heavy atom. The second kappa shape index (κ2) is 8.87. The predicted octanol–water partition coefficient (Wildman–Crippen LogP) is 3.04. The van der Waals surface area contributed by atoms with Crippen molar-refractivity contribution < 1.29 is 14.6 Å². The molecule has 33 heavy (non-hydrogen) atoms. The van der Waals surface area contributed by atoms with Crippen LogP contribution in [-0.4, -0.2) is 56.8 Å². The highest BCUT2D eigenvalue weighted by Gasteiger charge is 2.20. The number of benzene rings is 2. The molecule has 0 saturated carbocycles. The maximum atomic E-state index is 11.4. The Morgan fingerprint density at radius 1 is 1.12 bits per heavy atom. The molecule has 9 nitrogen and oxygen atoms in total. The second-order valence-electron chi connectivity index (χ2n) is 7.95. The van der Waals surface area contributed by atoms with E-state index in [1.54, 1.807) is 24.5 Å². The lowest BCUT2D eigenvalue weighted by molar-refractivity contribution is -0.114. The summed E-state index contributed by atoms with van der Waals surface area (Å²) in [6.07, 6.45) is 1.75. The molecule has 1 aliphatic rings. The summed E-state index contributed by atoms with van der Waals surface area (Å²) in [4.78, 5) is 27.8. The monoisotopic (exact) mass is 444 g/mol. The number of ether oxygens (including phenoxy) is 1. The van der Waals surface area contributed by atoms with Crippen LogP contribution in [0.3, 0.4) is 0 Å². The van der Waals surface area contributed by atoms with Gasteiger partial charge in [-0.15, -0.1) is 0 Å². The maximum absolute atomic E-state index is 11.4. The number of hydrogen-bond donors (Lipinski definition) is 2. The first kappa shape index (κ1) is 20.9. The number of aromatic hydroxyl groups is 1. The Labute approximate surface area is 190 Å². The zero-order valence-corrected chi connectivity index (χ0v) is 18.2. The summed E-state index contributed by atoms with van der Waals surface area (Å²) >= 11 is 0. The average Bonchev–Trinajstić information content (AvgIpc) is 3.21. The third-order valence-electron chi connectivity index (χ3n) is 5.47. The number of fused-ring (bicyclic) bond motifs is 1. The van der Waals surface area contributed by atoms with Crippen molar-refractivity contribution in [3.63, 3.8) is 0 Å². The van der Waals surface area contributed by atoms with Crippen LogP contribution in [-0.2, 0) is 16.1 Å². The number of carbonyl (C=O) groups excluding carboxylic acids is 1. The molecule has 1 aliphatic heterocycles. The number of rotatable bonds is 5. The molecule has 1 amide bonds. The summed E-state index contributed by atoms with van der Waals surface area (Å²) < 4.78 is 7.46. The third-order valence-corrected chi connectivity index (χ3v) is 5.47. The zero-order chi connectivity index (χ0) is 22.8. The van der Waals surface area contributed by atoms with Crippen molar-refractivity contribution in [1.82, 2.24) is 19.5 Å². The van der Waals surface area contributed by atoms with Gasteiger partial charge in [0.1, 0.15) is 17.0 Å². The lowest BCUT2D eigenvalue weighted by Gasteiger charge is -2.27. The zero-order valence-electron chi connectivity index (χ0n) is 18.2. The van der Waals surface area contributed by atoms with Crippen LogP contribution >= 0.6 is 0 Å². The molecule has 1 saturated heterocycles. The second-order valence-corrected chi connectivity index (χ2v) is 7.95. The Hall–Kier alpha value is -3.98. The number of nitrogens with one attached hydrogen (secondary N) is 1. The first-order valence-electron chi connectivity index (χ1n) is 10.8. The van der Waals surface area contributed by atoms with Gasteiger partial charge in [0.15, 0.2) is 5.65 Å². The van der Waals surface area contributed by atoms with Crippen molar-refractivity contribution in [2.45, 2.75) is 13.5 Å². The van der Waals surface area contributed by atoms with E-state index in [0.29, 0.717) is 55.7 Å². The summed E-state index contributed by atoms with van der Waals surface area (Å²) in [6.45, 7) is 4.68. The molecule has 0 aliphatic carbocycles. The number of hydrogen-bond acceptors (Lipinski definition) is 7. The smallest absolute Gasteiger partial charge is 0.228 e. The minimum absolute atomic E-state index is 0.112. The van der Waals surface area contributed by atoms with Crippen LogP contribution in [0.1, 0.15) is 12.5 Å². The maximum Gasteiger partial charge on any atom is 0.228 e. The Morgan fingerprint density at radius 2 is 1.94 bits per heavy atom. The van der Waals surface area contributed by atoms with Crippen molar-refractivity contribution in [1.29, 1.82) is 0 Å². The van der Waals surface area contributed by atoms with Gasteiger partial charge in [0, 0.05) is 31.3 Å². The summed E-state index contributed by atoms with van der Waals surface area (Å²) in [7, 11) is 0. The molecule has 2 N–H and O–H groups in total. The van der Waals surface area contributed by atoms with Crippen LogP contribution in [0.4, 0.5) is 11.6 Å². The van der Waals surface area contributed by atoms with Crippen LogP contribution in [0.5, 0.6) is 5.75 Å². The predicted molar refractivity (Wildman–Crippen MR) is 125 cm³/mol. The van der Waals surface area contributed by atoms with Gasteiger partial charge in [0.2, 0.25) is 11.9 Å². The van der Waals surface area contributed by atoms with E-state index in [1.807, 2.05) is 34.9 Å². The molecule has 2 aromatic heterocycles. The van der Waals surface area contributed by atoms with E-state index in [0.717, 1.165) is 16.8 Å². The number of phenols is 1. The van der Waals surface area contributed by atoms with E-state index in [9.17, 15) is 9.90 Å². The quantitative estimate of drug-likeness (QED) is 0.487. The van der Waals surface area contributed by atoms with Crippen LogP contribution < -0.4 is 10.2 Å². The first-order chi connectivity index (χ1) is 16.1. The summed E-state index contributed by atoms with van der Waals surface area (Å²) in [5, 5.41) is 12.8. The van der Waals surface area contributed by atoms with Crippen molar-refractivity contribution in [3.05, 3.63) is 60.4 Å². The molecule has 0 atom stereocenters. The third kappa shape index (κ3) is 4.49. The van der Waals surface area contributed by atoms with Gasteiger partial charge >= 0.3 is 0 Å². The number of aromatic nitrogens is 4. The first-order valence-corrected chi connectivity index (χ1v) is 10.8. The Bertz CT molecular complexity index is 1310. The van der Waals surface area contributed by atoms with Crippen molar-refractivity contribution in [2.75, 3.05) is 36.5 Å². The number of imidazole rings is 1. The van der Waals surface area contributed by atoms with Gasteiger partial charge in [-0.3, -0.25) is 4.79 Å². The Kier molecular flexibility index (Phi) is 5.62. The van der Waals surface area contributed by atoms with Crippen LogP contribution in [0.15, 0.2) is 54.9 Å². The van der Waals surface area contributed by atoms with E-state index in [2.05, 4.69) is 15.2 Å². The lowest BCUT2D eigenvalue weighted by Crippen LogP contribution is -2.37. The molecule has 3 heterocycles. The summed E-state index contributed by atoms with van der Waals surface area (Å²) in [6, 6.07) is 14.7. The van der Waals surface area contributed by atoms with Crippen LogP contribution in [0.2, 0.25) is 0 Å². The molecule has 9 heteroatoms. The molecule has 4 aromatic rings. The average molecular weight is 444 g/mol. The lowest BCUT2D eigenvalue weighted by atomic mass is 10.1. The van der Waals surface area contributed by atoms with E-state index in [-0.39, 0.29) is 11.7 Å². The van der Waals surface area contributed by atoms with Crippen molar-refractivity contribution in [3.8, 4) is 17.0 Å². The van der Waals surface area contributed by atoms with Gasteiger partial charge in [-0.05, 0) is 29.8 Å². The molecule has 2 aromatic carbocycles. The summed E-state index contributed by atoms with van der Waals surface area (Å²) in [5.74, 6) is 0.665. The molecule has 168 valence electrons. The topological polar surface area (TPSA) is 105 Å². The number of nitrogens with zero attached hydrogens (tertiary/aromatic N) is 5. The minimum Gasteiger partial charge on any atom is -0.508 e. The highest BCUT2D eigenvalue weighted by Crippen LogP contribution is 2.30. The number of amides is 1. The van der Waals surface area contributed by atoms with E-state index in [4.69, 9.17) is 14.7 Å². The highest BCUT2D eigenvalue weighted by molar-refractivity contribution is 5.89. The molecule has 0 bridgehead atoms. The number of phenolic OH excluding ortho intramolecular Hbond substituents is 1. The number of anilines is 2. The van der Waals surface area contributed by atoms with Gasteiger partial charge in [-0.2, -0.15) is 4.98 Å². The standard InChI is InChI=1S/C24H24N6O3/c1-16(31)26-19-6-2-4-17(12-19)14-30-15-25-22-21(18-5-3-7-20(32)13-18)27-24(28-23(22)30)29-8-10-33-11-9-29/h2-7,12-13,15,32H,8-11,14H2,1H3,(H,26,31). The molecular formula is C24H24N6O3. The number of morpholine rings is 1. The van der Waals surface area contributed by atoms with Gasteiger partial charge < -0.3 is 24.6 Å². The van der Waals surface area contributed by atoms with Crippen molar-refractivity contribution >= 4 is 28.7 Å². The molecule has 5 rings (SSSR count). The van der Waals surface area contributed by atoms with Gasteiger partial charge in [0.05, 0.1) is 26.1 Å². The van der Waals surface area contributed by atoms with Gasteiger partial charge in [-0.1, -0.05) is 24.3 Å². The van der Waals surface area contributed by atoms with Crippen LogP contribution in [0, 0.1) is 0 Å². The molecule has 0 spiro atoms. The Balaban J connectivity index is 1.59. The fourth-order valence-corrected chi connectivity index (χ4v) is 3.96. The fraction of sp³-hybridized carbons (Fsp3) is 0.250. The minimum atomic E-state index is -0.112. The van der Waals surface area contributed by atoms with E-state index in [1.165, 1.54) is 6.92 Å². The largest absolute Gasteiger partial charge is 0.508 e. The molecule has 0 unspecified atom stereocenters. The van der Waals surface area contributed by atoms with E-state index < -0.39 is 0 Å².